The second-order valence-electron chi connectivity index (χ2n) is 5.66. The largest absolute Gasteiger partial charge is 0.312 e. The van der Waals surface area contributed by atoms with Crippen molar-refractivity contribution in [2.75, 3.05) is 0 Å². The molecule has 23 heavy (non-hydrogen) atoms. The molecule has 4 rings (SSSR count). The van der Waals surface area contributed by atoms with Crippen LogP contribution in [0.15, 0.2) is 78.9 Å². The third kappa shape index (κ3) is 2.34. The summed E-state index contributed by atoms with van der Waals surface area (Å²) in [5.74, 6) is 0. The van der Waals surface area contributed by atoms with Crippen LogP contribution in [0.2, 0.25) is 5.02 Å². The molecule has 0 unspecified atom stereocenters. The highest BCUT2D eigenvalue weighted by Crippen LogP contribution is 2.33. The zero-order valence-corrected chi connectivity index (χ0v) is 13.6. The third-order valence-electron chi connectivity index (χ3n) is 4.27. The van der Waals surface area contributed by atoms with E-state index in [0.717, 1.165) is 27.3 Å². The summed E-state index contributed by atoms with van der Waals surface area (Å²) in [5.41, 5.74) is 5.79. The molecule has 2 heteroatoms. The van der Waals surface area contributed by atoms with Gasteiger partial charge in [0.25, 0.3) is 0 Å². The second-order valence-corrected chi connectivity index (χ2v) is 6.04. The lowest BCUT2D eigenvalue weighted by atomic mass is 10.1. The van der Waals surface area contributed by atoms with Gasteiger partial charge < -0.3 is 4.57 Å². The highest BCUT2D eigenvalue weighted by atomic mass is 35.5. The van der Waals surface area contributed by atoms with E-state index in [9.17, 15) is 0 Å². The SMILES string of the molecule is Cc1c(Cl)c2ccccc2n1-c1ccc(-c2ccccc2)cc1. The first kappa shape index (κ1) is 14.1. The molecule has 0 radical (unpaired) electrons. The van der Waals surface area contributed by atoms with Gasteiger partial charge in [-0.05, 0) is 36.2 Å². The fourth-order valence-corrected chi connectivity index (χ4v) is 3.34. The van der Waals surface area contributed by atoms with Gasteiger partial charge in [0.15, 0.2) is 0 Å². The molecule has 0 spiro atoms. The average Bonchev–Trinajstić information content (AvgIpc) is 2.87. The minimum absolute atomic E-state index is 0.827. The Hall–Kier alpha value is -2.51. The minimum Gasteiger partial charge on any atom is -0.312 e. The first-order chi connectivity index (χ1) is 11.3. The van der Waals surface area contributed by atoms with Crippen molar-refractivity contribution in [3.8, 4) is 16.8 Å². The van der Waals surface area contributed by atoms with Gasteiger partial charge in [-0.2, -0.15) is 0 Å². The Morgan fingerprint density at radius 2 is 1.30 bits per heavy atom. The predicted octanol–water partition coefficient (Wildman–Crippen LogP) is 6.26. The molecule has 0 atom stereocenters. The van der Waals surface area contributed by atoms with Crippen molar-refractivity contribution in [3.05, 3.63) is 89.6 Å². The van der Waals surface area contributed by atoms with Gasteiger partial charge in [0.05, 0.1) is 10.5 Å². The number of aromatic nitrogens is 1. The molecule has 112 valence electrons. The first-order valence-corrected chi connectivity index (χ1v) is 8.05. The van der Waals surface area contributed by atoms with E-state index in [2.05, 4.69) is 72.2 Å². The molecule has 1 heterocycles. The highest BCUT2D eigenvalue weighted by molar-refractivity contribution is 6.36. The van der Waals surface area contributed by atoms with Crippen LogP contribution in [0.3, 0.4) is 0 Å². The summed E-state index contributed by atoms with van der Waals surface area (Å²) in [6.45, 7) is 2.06. The van der Waals surface area contributed by atoms with Crippen molar-refractivity contribution in [1.82, 2.24) is 4.57 Å². The van der Waals surface area contributed by atoms with Crippen LogP contribution in [-0.4, -0.2) is 4.57 Å². The van der Waals surface area contributed by atoms with Crippen LogP contribution < -0.4 is 0 Å². The molecule has 1 nitrogen and oxygen atoms in total. The van der Waals surface area contributed by atoms with Crippen LogP contribution in [0.25, 0.3) is 27.7 Å². The van der Waals surface area contributed by atoms with Crippen LogP contribution >= 0.6 is 11.6 Å². The van der Waals surface area contributed by atoms with Crippen LogP contribution in [0.5, 0.6) is 0 Å². The van der Waals surface area contributed by atoms with Crippen molar-refractivity contribution < 1.29 is 0 Å². The molecule has 0 aliphatic heterocycles. The number of halogens is 1. The van der Waals surface area contributed by atoms with Gasteiger partial charge in [0.2, 0.25) is 0 Å². The predicted molar refractivity (Wildman–Crippen MR) is 98.5 cm³/mol. The number of hydrogen-bond donors (Lipinski definition) is 0. The van der Waals surface area contributed by atoms with Crippen LogP contribution in [0.4, 0.5) is 0 Å². The van der Waals surface area contributed by atoms with Gasteiger partial charge >= 0.3 is 0 Å². The molecule has 0 saturated heterocycles. The van der Waals surface area contributed by atoms with Crippen molar-refractivity contribution in [1.29, 1.82) is 0 Å². The summed E-state index contributed by atoms with van der Waals surface area (Å²) >= 11 is 6.50. The number of nitrogens with zero attached hydrogens (tertiary/aromatic N) is 1. The van der Waals surface area contributed by atoms with E-state index in [4.69, 9.17) is 11.6 Å². The van der Waals surface area contributed by atoms with Gasteiger partial charge in [0.1, 0.15) is 0 Å². The van der Waals surface area contributed by atoms with Crippen molar-refractivity contribution in [2.45, 2.75) is 6.92 Å². The quantitative estimate of drug-likeness (QED) is 0.411. The van der Waals surface area contributed by atoms with Crippen LogP contribution in [0, 0.1) is 6.92 Å². The maximum atomic E-state index is 6.50. The van der Waals surface area contributed by atoms with Gasteiger partial charge in [0, 0.05) is 16.8 Å². The van der Waals surface area contributed by atoms with E-state index < -0.39 is 0 Å². The molecule has 1 aromatic heterocycles. The van der Waals surface area contributed by atoms with E-state index in [1.165, 1.54) is 11.1 Å². The third-order valence-corrected chi connectivity index (χ3v) is 4.74. The summed E-state index contributed by atoms with van der Waals surface area (Å²) in [7, 11) is 0. The lowest BCUT2D eigenvalue weighted by molar-refractivity contribution is 1.05. The smallest absolute Gasteiger partial charge is 0.0695 e. The summed E-state index contributed by atoms with van der Waals surface area (Å²) in [6, 6.07) is 27.3. The molecule has 0 amide bonds. The fourth-order valence-electron chi connectivity index (χ4n) is 3.09. The summed E-state index contributed by atoms with van der Waals surface area (Å²) in [5, 5.41) is 1.92. The summed E-state index contributed by atoms with van der Waals surface area (Å²) in [6.07, 6.45) is 0. The molecule has 0 aliphatic carbocycles. The first-order valence-electron chi connectivity index (χ1n) is 7.67. The Labute approximate surface area is 140 Å². The van der Waals surface area contributed by atoms with E-state index in [1.54, 1.807) is 0 Å². The van der Waals surface area contributed by atoms with Crippen molar-refractivity contribution in [3.63, 3.8) is 0 Å². The van der Waals surface area contributed by atoms with E-state index in [1.807, 2.05) is 18.2 Å². The molecule has 4 aromatic rings. The molecule has 3 aromatic carbocycles. The van der Waals surface area contributed by atoms with Gasteiger partial charge in [-0.25, -0.2) is 0 Å². The average molecular weight is 318 g/mol. The Morgan fingerprint density at radius 1 is 0.696 bits per heavy atom. The monoisotopic (exact) mass is 317 g/mol. The number of hydrogen-bond acceptors (Lipinski definition) is 0. The van der Waals surface area contributed by atoms with Gasteiger partial charge in [-0.15, -0.1) is 0 Å². The lowest BCUT2D eigenvalue weighted by Gasteiger charge is -2.10. The Bertz CT molecular complexity index is 966. The van der Waals surface area contributed by atoms with Crippen molar-refractivity contribution in [2.24, 2.45) is 0 Å². The van der Waals surface area contributed by atoms with Crippen molar-refractivity contribution >= 4 is 22.5 Å². The number of rotatable bonds is 2. The molecular weight excluding hydrogens is 302 g/mol. The number of fused-ring (bicyclic) bond motifs is 1. The standard InChI is InChI=1S/C21H16ClN/c1-15-21(22)19-9-5-6-10-20(19)23(15)18-13-11-17(12-14-18)16-7-3-2-4-8-16/h2-14H,1H3. The Balaban J connectivity index is 1.85. The zero-order valence-electron chi connectivity index (χ0n) is 12.8. The van der Waals surface area contributed by atoms with Crippen LogP contribution in [-0.2, 0) is 0 Å². The Morgan fingerprint density at radius 3 is 2.04 bits per heavy atom. The highest BCUT2D eigenvalue weighted by Gasteiger charge is 2.13. The topological polar surface area (TPSA) is 4.93 Å². The minimum atomic E-state index is 0.827. The van der Waals surface area contributed by atoms with Gasteiger partial charge in [-0.3, -0.25) is 0 Å². The zero-order chi connectivity index (χ0) is 15.8. The molecular formula is C21H16ClN. The van der Waals surface area contributed by atoms with Crippen LogP contribution in [0.1, 0.15) is 5.69 Å². The number of benzene rings is 3. The lowest BCUT2D eigenvalue weighted by Crippen LogP contribution is -1.96. The molecule has 0 aliphatic rings. The molecule has 0 saturated carbocycles. The summed E-state index contributed by atoms with van der Waals surface area (Å²) in [4.78, 5) is 0. The maximum absolute atomic E-state index is 6.50. The molecule has 0 bridgehead atoms. The van der Waals surface area contributed by atoms with E-state index in [0.29, 0.717) is 0 Å². The summed E-state index contributed by atoms with van der Waals surface area (Å²) < 4.78 is 2.21. The molecule has 0 fully saturated rings. The molecule has 0 N–H and O–H groups in total. The number of para-hydroxylation sites is 1. The fraction of sp³-hybridized carbons (Fsp3) is 0.0476. The van der Waals surface area contributed by atoms with E-state index >= 15 is 0 Å². The van der Waals surface area contributed by atoms with E-state index in [-0.39, 0.29) is 0 Å². The Kier molecular flexibility index (Phi) is 3.44. The van der Waals surface area contributed by atoms with Gasteiger partial charge in [-0.1, -0.05) is 72.3 Å². The maximum Gasteiger partial charge on any atom is 0.0695 e. The normalized spacial score (nSPS) is 11.0. The second kappa shape index (κ2) is 5.60.